The van der Waals surface area contributed by atoms with Crippen molar-refractivity contribution in [2.24, 2.45) is 0 Å². The molecule has 1 atom stereocenters. The number of carbonyl (C=O) groups excluding carboxylic acids is 1. The molecule has 2 rings (SSSR count). The second-order valence-corrected chi connectivity index (χ2v) is 7.00. The zero-order valence-corrected chi connectivity index (χ0v) is 14.1. The maximum atomic E-state index is 11.8. The van der Waals surface area contributed by atoms with Crippen LogP contribution in [0.2, 0.25) is 0 Å². The maximum absolute atomic E-state index is 11.8. The van der Waals surface area contributed by atoms with Crippen molar-refractivity contribution in [3.63, 3.8) is 0 Å². The molecule has 1 unspecified atom stereocenters. The van der Waals surface area contributed by atoms with E-state index in [9.17, 15) is 4.79 Å². The summed E-state index contributed by atoms with van der Waals surface area (Å²) in [5.74, 6) is 0.118. The number of nitrogens with one attached hydrogen (secondary N) is 2. The van der Waals surface area contributed by atoms with Gasteiger partial charge in [-0.1, -0.05) is 19.1 Å². The van der Waals surface area contributed by atoms with E-state index in [0.717, 1.165) is 6.42 Å². The molecule has 0 radical (unpaired) electrons. The molecule has 1 amide bonds. The van der Waals surface area contributed by atoms with Gasteiger partial charge in [-0.25, -0.2) is 0 Å². The van der Waals surface area contributed by atoms with Crippen molar-refractivity contribution in [1.29, 1.82) is 0 Å². The molecule has 3 nitrogen and oxygen atoms in total. The van der Waals surface area contributed by atoms with E-state index in [1.165, 1.54) is 9.75 Å². The molecular weight excluding hydrogens is 300 g/mol. The van der Waals surface area contributed by atoms with Gasteiger partial charge in [0.2, 0.25) is 5.91 Å². The van der Waals surface area contributed by atoms with E-state index in [0.29, 0.717) is 13.0 Å². The molecule has 0 spiro atoms. The molecule has 114 valence electrons. The Morgan fingerprint density at radius 1 is 1.19 bits per heavy atom. The molecule has 0 aliphatic rings. The van der Waals surface area contributed by atoms with Gasteiger partial charge in [-0.2, -0.15) is 0 Å². The normalized spacial score (nSPS) is 12.5. The van der Waals surface area contributed by atoms with Gasteiger partial charge in [0.15, 0.2) is 0 Å². The molecular formula is C16H22N2OS2. The second kappa shape index (κ2) is 8.32. The van der Waals surface area contributed by atoms with Crippen molar-refractivity contribution in [1.82, 2.24) is 10.6 Å². The summed E-state index contributed by atoms with van der Waals surface area (Å²) in [5, 5.41) is 10.7. The third kappa shape index (κ3) is 4.95. The predicted octanol–water partition coefficient (Wildman–Crippen LogP) is 3.79. The summed E-state index contributed by atoms with van der Waals surface area (Å²) in [6.07, 6.45) is 1.48. The van der Waals surface area contributed by atoms with Crippen LogP contribution in [-0.2, 0) is 4.79 Å². The van der Waals surface area contributed by atoms with Gasteiger partial charge in [-0.3, -0.25) is 4.79 Å². The smallest absolute Gasteiger partial charge is 0.221 e. The van der Waals surface area contributed by atoms with E-state index in [-0.39, 0.29) is 18.0 Å². The first-order valence-electron chi connectivity index (χ1n) is 7.30. The van der Waals surface area contributed by atoms with Gasteiger partial charge in [0, 0.05) is 28.8 Å². The first-order chi connectivity index (χ1) is 10.2. The lowest BCUT2D eigenvalue weighted by Crippen LogP contribution is -2.34. The predicted molar refractivity (Wildman–Crippen MR) is 91.0 cm³/mol. The fourth-order valence-electron chi connectivity index (χ4n) is 2.03. The fraction of sp³-hybridized carbons (Fsp3) is 0.438. The summed E-state index contributed by atoms with van der Waals surface area (Å²) in [6, 6.07) is 8.86. The Kier molecular flexibility index (Phi) is 6.42. The van der Waals surface area contributed by atoms with Crippen LogP contribution in [0.25, 0.3) is 0 Å². The minimum absolute atomic E-state index is 0.118. The molecule has 0 fully saturated rings. The standard InChI is InChI=1S/C16H22N2OS2/c1-3-12(2)18-15(19)8-9-17-16(13-6-4-10-20-13)14-7-5-11-21-14/h4-7,10-12,16-17H,3,8-9H2,1-2H3,(H,18,19). The number of amides is 1. The topological polar surface area (TPSA) is 41.1 Å². The number of hydrogen-bond donors (Lipinski definition) is 2. The highest BCUT2D eigenvalue weighted by Gasteiger charge is 2.16. The highest BCUT2D eigenvalue weighted by molar-refractivity contribution is 7.11. The van der Waals surface area contributed by atoms with Crippen molar-refractivity contribution < 1.29 is 4.79 Å². The molecule has 0 saturated carbocycles. The molecule has 21 heavy (non-hydrogen) atoms. The summed E-state index contributed by atoms with van der Waals surface area (Å²) in [7, 11) is 0. The quantitative estimate of drug-likeness (QED) is 0.776. The van der Waals surface area contributed by atoms with Gasteiger partial charge in [-0.05, 0) is 36.2 Å². The van der Waals surface area contributed by atoms with Gasteiger partial charge >= 0.3 is 0 Å². The molecule has 0 saturated heterocycles. The summed E-state index contributed by atoms with van der Waals surface area (Å²) in [6.45, 7) is 4.79. The van der Waals surface area contributed by atoms with Crippen LogP contribution in [0.1, 0.15) is 42.5 Å². The summed E-state index contributed by atoms with van der Waals surface area (Å²) >= 11 is 3.49. The van der Waals surface area contributed by atoms with Gasteiger partial charge < -0.3 is 10.6 Å². The minimum Gasteiger partial charge on any atom is -0.354 e. The second-order valence-electron chi connectivity index (χ2n) is 5.04. The number of thiophene rings is 2. The van der Waals surface area contributed by atoms with E-state index < -0.39 is 0 Å². The van der Waals surface area contributed by atoms with E-state index in [2.05, 4.69) is 52.6 Å². The molecule has 2 N–H and O–H groups in total. The summed E-state index contributed by atoms with van der Waals surface area (Å²) < 4.78 is 0. The lowest BCUT2D eigenvalue weighted by atomic mass is 10.2. The van der Waals surface area contributed by atoms with Crippen molar-refractivity contribution >= 4 is 28.6 Å². The average Bonchev–Trinajstić information content (AvgIpc) is 3.16. The first-order valence-corrected chi connectivity index (χ1v) is 9.06. The fourth-order valence-corrected chi connectivity index (χ4v) is 3.74. The molecule has 2 aromatic rings. The Labute approximate surface area is 134 Å². The Morgan fingerprint density at radius 2 is 1.81 bits per heavy atom. The Bertz CT molecular complexity index is 488. The van der Waals surface area contributed by atoms with Crippen LogP contribution in [0.4, 0.5) is 0 Å². The zero-order valence-electron chi connectivity index (χ0n) is 12.5. The lowest BCUT2D eigenvalue weighted by Gasteiger charge is -2.17. The number of hydrogen-bond acceptors (Lipinski definition) is 4. The highest BCUT2D eigenvalue weighted by Crippen LogP contribution is 2.28. The van der Waals surface area contributed by atoms with E-state index in [1.807, 2.05) is 6.92 Å². The molecule has 2 heterocycles. The lowest BCUT2D eigenvalue weighted by molar-refractivity contribution is -0.121. The largest absolute Gasteiger partial charge is 0.354 e. The Balaban J connectivity index is 1.88. The molecule has 2 aromatic heterocycles. The SMILES string of the molecule is CCC(C)NC(=O)CCNC(c1cccs1)c1cccs1. The van der Waals surface area contributed by atoms with Crippen molar-refractivity contribution in [2.45, 2.75) is 38.8 Å². The van der Waals surface area contributed by atoms with Gasteiger partial charge in [0.05, 0.1) is 6.04 Å². The average molecular weight is 322 g/mol. The highest BCUT2D eigenvalue weighted by atomic mass is 32.1. The molecule has 0 bridgehead atoms. The van der Waals surface area contributed by atoms with Crippen molar-refractivity contribution in [2.75, 3.05) is 6.54 Å². The van der Waals surface area contributed by atoms with Crippen LogP contribution < -0.4 is 10.6 Å². The summed E-state index contributed by atoms with van der Waals surface area (Å²) in [4.78, 5) is 14.4. The van der Waals surface area contributed by atoms with E-state index in [4.69, 9.17) is 0 Å². The number of carbonyl (C=O) groups is 1. The molecule has 0 aliphatic carbocycles. The third-order valence-corrected chi connectivity index (χ3v) is 5.25. The van der Waals surface area contributed by atoms with Crippen molar-refractivity contribution in [3.05, 3.63) is 44.8 Å². The maximum Gasteiger partial charge on any atom is 0.221 e. The van der Waals surface area contributed by atoms with E-state index in [1.54, 1.807) is 22.7 Å². The van der Waals surface area contributed by atoms with Crippen LogP contribution in [0.3, 0.4) is 0 Å². The molecule has 5 heteroatoms. The molecule has 0 aliphatic heterocycles. The van der Waals surface area contributed by atoms with Crippen LogP contribution in [0.15, 0.2) is 35.0 Å². The Hall–Kier alpha value is -1.17. The molecule has 0 aromatic carbocycles. The third-order valence-electron chi connectivity index (χ3n) is 3.38. The van der Waals surface area contributed by atoms with Crippen LogP contribution in [0, 0.1) is 0 Å². The zero-order chi connectivity index (χ0) is 15.1. The minimum atomic E-state index is 0.118. The Morgan fingerprint density at radius 3 is 2.29 bits per heavy atom. The van der Waals surface area contributed by atoms with Gasteiger partial charge in [0.25, 0.3) is 0 Å². The number of rotatable bonds is 8. The van der Waals surface area contributed by atoms with Crippen LogP contribution >= 0.6 is 22.7 Å². The monoisotopic (exact) mass is 322 g/mol. The van der Waals surface area contributed by atoms with Gasteiger partial charge in [0.1, 0.15) is 0 Å². The van der Waals surface area contributed by atoms with Crippen LogP contribution in [0.5, 0.6) is 0 Å². The van der Waals surface area contributed by atoms with Crippen molar-refractivity contribution in [3.8, 4) is 0 Å². The van der Waals surface area contributed by atoms with Gasteiger partial charge in [-0.15, -0.1) is 22.7 Å². The first kappa shape index (κ1) is 16.2. The van der Waals surface area contributed by atoms with E-state index >= 15 is 0 Å². The van der Waals surface area contributed by atoms with Crippen LogP contribution in [-0.4, -0.2) is 18.5 Å². The summed E-state index contributed by atoms with van der Waals surface area (Å²) in [5.41, 5.74) is 0.